The van der Waals surface area contributed by atoms with E-state index in [0.717, 1.165) is 19.3 Å². The summed E-state index contributed by atoms with van der Waals surface area (Å²) in [5, 5.41) is 10.0. The minimum Gasteiger partial charge on any atom is -0.497 e. The molecule has 1 heterocycles. The number of fused-ring (bicyclic) bond motifs is 1. The molecular weight excluding hydrogens is 284 g/mol. The second-order valence-electron chi connectivity index (χ2n) is 5.85. The molecule has 2 aromatic rings. The second kappa shape index (κ2) is 5.91. The number of furan rings is 1. The maximum atomic E-state index is 11.5. The molecule has 2 unspecified atom stereocenters. The highest BCUT2D eigenvalue weighted by atomic mass is 16.5. The molecule has 1 N–H and O–H groups in total. The van der Waals surface area contributed by atoms with Crippen LogP contribution in [0.1, 0.15) is 43.2 Å². The maximum Gasteiger partial charge on any atom is 0.375 e. The summed E-state index contributed by atoms with van der Waals surface area (Å²) in [5.41, 5.74) is 0.497. The number of aromatic carboxylic acids is 1. The lowest BCUT2D eigenvalue weighted by atomic mass is 9.88. The fourth-order valence-corrected chi connectivity index (χ4v) is 3.05. The summed E-state index contributed by atoms with van der Waals surface area (Å²) >= 11 is 0. The normalized spacial score (nSPS) is 21.7. The van der Waals surface area contributed by atoms with Gasteiger partial charge in [-0.3, -0.25) is 0 Å². The second-order valence-corrected chi connectivity index (χ2v) is 5.85. The fraction of sp³-hybridized carbons (Fsp3) is 0.471. The zero-order chi connectivity index (χ0) is 15.7. The number of hydrogen-bond acceptors (Lipinski definition) is 4. The van der Waals surface area contributed by atoms with Crippen LogP contribution >= 0.6 is 0 Å². The van der Waals surface area contributed by atoms with Crippen molar-refractivity contribution in [3.8, 4) is 11.5 Å². The van der Waals surface area contributed by atoms with Gasteiger partial charge in [-0.15, -0.1) is 0 Å². The molecule has 0 bridgehead atoms. The standard InChI is InChI=1S/C17H20O5/c1-10-5-3-4-6-13(10)21-15-12-9-11(20-2)7-8-14(12)22-16(15)17(18)19/h7-10,13H,3-6H2,1-2H3,(H,18,19). The predicted octanol–water partition coefficient (Wildman–Crippen LogP) is 4.10. The molecular formula is C17H20O5. The van der Waals surface area contributed by atoms with Crippen LogP contribution < -0.4 is 9.47 Å². The van der Waals surface area contributed by atoms with Gasteiger partial charge in [0.15, 0.2) is 5.75 Å². The van der Waals surface area contributed by atoms with E-state index in [2.05, 4.69) is 6.92 Å². The van der Waals surface area contributed by atoms with Crippen LogP contribution in [0.2, 0.25) is 0 Å². The average Bonchev–Trinajstić information content (AvgIpc) is 2.87. The molecule has 0 amide bonds. The van der Waals surface area contributed by atoms with Crippen molar-refractivity contribution in [2.45, 2.75) is 38.7 Å². The molecule has 5 nitrogen and oxygen atoms in total. The van der Waals surface area contributed by atoms with Crippen molar-refractivity contribution in [3.05, 3.63) is 24.0 Å². The molecule has 0 spiro atoms. The molecule has 5 heteroatoms. The lowest BCUT2D eigenvalue weighted by Gasteiger charge is -2.29. The zero-order valence-electron chi connectivity index (χ0n) is 12.8. The molecule has 22 heavy (non-hydrogen) atoms. The number of carboxylic acids is 1. The number of carboxylic acid groups (broad SMARTS) is 1. The van der Waals surface area contributed by atoms with E-state index in [9.17, 15) is 9.90 Å². The van der Waals surface area contributed by atoms with E-state index >= 15 is 0 Å². The average molecular weight is 304 g/mol. The number of ether oxygens (including phenoxy) is 2. The summed E-state index contributed by atoms with van der Waals surface area (Å²) in [6, 6.07) is 5.20. The van der Waals surface area contributed by atoms with Crippen molar-refractivity contribution in [3.63, 3.8) is 0 Å². The van der Waals surface area contributed by atoms with Gasteiger partial charge in [-0.25, -0.2) is 4.79 Å². The highest BCUT2D eigenvalue weighted by molar-refractivity contribution is 5.98. The van der Waals surface area contributed by atoms with Gasteiger partial charge in [0.05, 0.1) is 12.5 Å². The van der Waals surface area contributed by atoms with E-state index in [-0.39, 0.29) is 11.9 Å². The van der Waals surface area contributed by atoms with Crippen LogP contribution in [0.15, 0.2) is 22.6 Å². The quantitative estimate of drug-likeness (QED) is 0.921. The molecule has 3 rings (SSSR count). The van der Waals surface area contributed by atoms with Crippen molar-refractivity contribution in [1.29, 1.82) is 0 Å². The summed E-state index contributed by atoms with van der Waals surface area (Å²) in [7, 11) is 1.57. The molecule has 1 fully saturated rings. The van der Waals surface area contributed by atoms with Gasteiger partial charge in [-0.1, -0.05) is 13.3 Å². The van der Waals surface area contributed by atoms with Crippen LogP contribution in [0.5, 0.6) is 11.5 Å². The number of carbonyl (C=O) groups is 1. The maximum absolute atomic E-state index is 11.5. The Morgan fingerprint density at radius 1 is 1.32 bits per heavy atom. The zero-order valence-corrected chi connectivity index (χ0v) is 12.8. The van der Waals surface area contributed by atoms with Gasteiger partial charge in [-0.05, 0) is 43.4 Å². The van der Waals surface area contributed by atoms with Crippen molar-refractivity contribution < 1.29 is 23.8 Å². The Labute approximate surface area is 128 Å². The molecule has 118 valence electrons. The molecule has 1 aromatic heterocycles. The van der Waals surface area contributed by atoms with Gasteiger partial charge in [0.2, 0.25) is 0 Å². The van der Waals surface area contributed by atoms with Crippen molar-refractivity contribution in [1.82, 2.24) is 0 Å². The lowest BCUT2D eigenvalue weighted by molar-refractivity contribution is 0.0636. The van der Waals surface area contributed by atoms with E-state index in [0.29, 0.717) is 28.4 Å². The Hall–Kier alpha value is -2.17. The van der Waals surface area contributed by atoms with Crippen molar-refractivity contribution in [2.24, 2.45) is 5.92 Å². The number of benzene rings is 1. The van der Waals surface area contributed by atoms with E-state index in [1.165, 1.54) is 6.42 Å². The summed E-state index contributed by atoms with van der Waals surface area (Å²) in [6.07, 6.45) is 4.38. The Bertz CT molecular complexity index is 688. The summed E-state index contributed by atoms with van der Waals surface area (Å²) in [4.78, 5) is 11.5. The highest BCUT2D eigenvalue weighted by Crippen LogP contribution is 2.38. The molecule has 1 aliphatic carbocycles. The van der Waals surface area contributed by atoms with E-state index in [1.54, 1.807) is 25.3 Å². The molecule has 1 aromatic carbocycles. The first-order chi connectivity index (χ1) is 10.6. The van der Waals surface area contributed by atoms with Crippen LogP contribution in [-0.2, 0) is 0 Å². The fourth-order valence-electron chi connectivity index (χ4n) is 3.05. The first-order valence-electron chi connectivity index (χ1n) is 7.60. The van der Waals surface area contributed by atoms with Crippen molar-refractivity contribution in [2.75, 3.05) is 7.11 Å². The van der Waals surface area contributed by atoms with Crippen LogP contribution in [0, 0.1) is 5.92 Å². The third-order valence-corrected chi connectivity index (χ3v) is 4.35. The number of methoxy groups -OCH3 is 1. The van der Waals surface area contributed by atoms with Gasteiger partial charge in [0.1, 0.15) is 17.4 Å². The third kappa shape index (κ3) is 2.63. The Balaban J connectivity index is 2.04. The minimum absolute atomic E-state index is 0.0267. The van der Waals surface area contributed by atoms with Gasteiger partial charge in [0, 0.05) is 0 Å². The SMILES string of the molecule is COc1ccc2oc(C(=O)O)c(OC3CCCCC3C)c2c1. The first kappa shape index (κ1) is 14.8. The van der Waals surface area contributed by atoms with Crippen LogP contribution in [0.3, 0.4) is 0 Å². The van der Waals surface area contributed by atoms with E-state index < -0.39 is 5.97 Å². The summed E-state index contributed by atoms with van der Waals surface area (Å²) in [5.74, 6) is 0.118. The Morgan fingerprint density at radius 2 is 2.09 bits per heavy atom. The van der Waals surface area contributed by atoms with Crippen molar-refractivity contribution >= 4 is 16.9 Å². The molecule has 0 saturated heterocycles. The monoisotopic (exact) mass is 304 g/mol. The van der Waals surface area contributed by atoms with Gasteiger partial charge in [-0.2, -0.15) is 0 Å². The molecule has 0 radical (unpaired) electrons. The van der Waals surface area contributed by atoms with Gasteiger partial charge in [0.25, 0.3) is 5.76 Å². The topological polar surface area (TPSA) is 68.9 Å². The third-order valence-electron chi connectivity index (χ3n) is 4.35. The van der Waals surface area contributed by atoms with Gasteiger partial charge >= 0.3 is 5.97 Å². The summed E-state index contributed by atoms with van der Waals surface area (Å²) < 4.78 is 16.8. The first-order valence-corrected chi connectivity index (χ1v) is 7.60. The van der Waals surface area contributed by atoms with E-state index in [4.69, 9.17) is 13.9 Å². The predicted molar refractivity (Wildman–Crippen MR) is 81.8 cm³/mol. The van der Waals surface area contributed by atoms with Gasteiger partial charge < -0.3 is 19.0 Å². The number of hydrogen-bond donors (Lipinski definition) is 1. The lowest BCUT2D eigenvalue weighted by Crippen LogP contribution is -2.28. The molecule has 2 atom stereocenters. The Morgan fingerprint density at radius 3 is 2.77 bits per heavy atom. The van der Waals surface area contributed by atoms with Crippen LogP contribution in [-0.4, -0.2) is 24.3 Å². The Kier molecular flexibility index (Phi) is 3.96. The minimum atomic E-state index is -1.12. The smallest absolute Gasteiger partial charge is 0.375 e. The van der Waals surface area contributed by atoms with E-state index in [1.807, 2.05) is 0 Å². The molecule has 0 aliphatic heterocycles. The molecule has 1 aliphatic rings. The number of rotatable bonds is 4. The summed E-state index contributed by atoms with van der Waals surface area (Å²) in [6.45, 7) is 2.15. The van der Waals surface area contributed by atoms with Crippen LogP contribution in [0.4, 0.5) is 0 Å². The van der Waals surface area contributed by atoms with Crippen LogP contribution in [0.25, 0.3) is 11.0 Å². The highest BCUT2D eigenvalue weighted by Gasteiger charge is 2.28. The largest absolute Gasteiger partial charge is 0.497 e. The molecule has 1 saturated carbocycles.